The quantitative estimate of drug-likeness (QED) is 0.693. The van der Waals surface area contributed by atoms with Gasteiger partial charge in [0.15, 0.2) is 0 Å². The first kappa shape index (κ1) is 17.2. The maximum atomic E-state index is 10.1. The zero-order valence-electron chi connectivity index (χ0n) is 13.5. The predicted octanol–water partition coefficient (Wildman–Crippen LogP) is 3.13. The number of hydrogen-bond donors (Lipinski definition) is 2. The minimum Gasteiger partial charge on any atom is -0.392 e. The molecule has 0 radical (unpaired) electrons. The van der Waals surface area contributed by atoms with E-state index in [0.717, 1.165) is 37.9 Å². The Morgan fingerprint density at radius 3 is 2.35 bits per heavy atom. The van der Waals surface area contributed by atoms with Crippen molar-refractivity contribution in [1.29, 1.82) is 0 Å². The first-order chi connectivity index (χ1) is 9.65. The van der Waals surface area contributed by atoms with Crippen molar-refractivity contribution in [3.63, 3.8) is 0 Å². The molecular formula is C16H31N3O. The fraction of sp³-hybridized carbons (Fsp3) is 0.812. The molecule has 1 aromatic rings. The van der Waals surface area contributed by atoms with Gasteiger partial charge in [0.2, 0.25) is 0 Å². The van der Waals surface area contributed by atoms with Gasteiger partial charge in [-0.05, 0) is 24.8 Å². The summed E-state index contributed by atoms with van der Waals surface area (Å²) in [5.41, 5.74) is 1.05. The summed E-state index contributed by atoms with van der Waals surface area (Å²) in [7, 11) is 0. The summed E-state index contributed by atoms with van der Waals surface area (Å²) in [5, 5.41) is 18.0. The number of rotatable bonds is 10. The molecule has 4 nitrogen and oxygen atoms in total. The second-order valence-electron chi connectivity index (χ2n) is 5.53. The summed E-state index contributed by atoms with van der Waals surface area (Å²) in [4.78, 5) is 0. The summed E-state index contributed by atoms with van der Waals surface area (Å²) in [6, 6.07) is 2.56. The molecule has 2 N–H and O–H groups in total. The van der Waals surface area contributed by atoms with E-state index < -0.39 is 0 Å². The van der Waals surface area contributed by atoms with E-state index in [4.69, 9.17) is 0 Å². The molecule has 1 heterocycles. The molecule has 1 aromatic heterocycles. The van der Waals surface area contributed by atoms with Crippen LogP contribution in [-0.4, -0.2) is 27.5 Å². The molecule has 4 heteroatoms. The molecule has 0 aliphatic rings. The zero-order chi connectivity index (χ0) is 15.0. The van der Waals surface area contributed by atoms with Gasteiger partial charge < -0.3 is 10.4 Å². The van der Waals surface area contributed by atoms with E-state index >= 15 is 0 Å². The zero-order valence-corrected chi connectivity index (χ0v) is 13.5. The number of hydrogen-bond acceptors (Lipinski definition) is 3. The van der Waals surface area contributed by atoms with Gasteiger partial charge in [0.25, 0.3) is 0 Å². The lowest BCUT2D eigenvalue weighted by atomic mass is 9.96. The van der Waals surface area contributed by atoms with E-state index in [1.54, 1.807) is 0 Å². The van der Waals surface area contributed by atoms with E-state index in [2.05, 4.69) is 55.1 Å². The molecule has 1 atom stereocenters. The molecule has 0 aliphatic carbocycles. The van der Waals surface area contributed by atoms with Crippen molar-refractivity contribution in [2.75, 3.05) is 6.54 Å². The third-order valence-electron chi connectivity index (χ3n) is 4.23. The first-order valence-corrected chi connectivity index (χ1v) is 8.08. The minimum atomic E-state index is -0.258. The Hall–Kier alpha value is -0.870. The van der Waals surface area contributed by atoms with Crippen LogP contribution in [0, 0.1) is 5.92 Å². The summed E-state index contributed by atoms with van der Waals surface area (Å²) in [6.07, 6.45) is 6.08. The van der Waals surface area contributed by atoms with E-state index in [0.29, 0.717) is 18.5 Å². The number of aliphatic hydroxyl groups is 1. The molecule has 0 saturated carbocycles. The summed E-state index contributed by atoms with van der Waals surface area (Å²) in [6.45, 7) is 10.0. The Kier molecular flexibility index (Phi) is 7.85. The Morgan fingerprint density at radius 2 is 1.80 bits per heavy atom. The third kappa shape index (κ3) is 4.91. The Balaban J connectivity index is 2.39. The standard InChI is InChI=1S/C16H31N3O/c1-5-13(6-2)16(20)12-17-11-14-9-10-19(18-14)15(7-3)8-4/h9-10,13,15-17,20H,5-8,11-12H2,1-4H3. The number of aromatic nitrogens is 2. The van der Waals surface area contributed by atoms with Crippen molar-refractivity contribution in [2.24, 2.45) is 5.92 Å². The average Bonchev–Trinajstić information content (AvgIpc) is 2.90. The van der Waals surface area contributed by atoms with Crippen LogP contribution in [0.4, 0.5) is 0 Å². The lowest BCUT2D eigenvalue weighted by molar-refractivity contribution is 0.101. The van der Waals surface area contributed by atoms with Crippen molar-refractivity contribution in [1.82, 2.24) is 15.1 Å². The predicted molar refractivity (Wildman–Crippen MR) is 83.6 cm³/mol. The highest BCUT2D eigenvalue weighted by atomic mass is 16.3. The summed E-state index contributed by atoms with van der Waals surface area (Å²) >= 11 is 0. The van der Waals surface area contributed by atoms with E-state index in [-0.39, 0.29) is 6.10 Å². The fourth-order valence-corrected chi connectivity index (χ4v) is 2.69. The van der Waals surface area contributed by atoms with Gasteiger partial charge >= 0.3 is 0 Å². The van der Waals surface area contributed by atoms with Crippen LogP contribution in [0.25, 0.3) is 0 Å². The SMILES string of the molecule is CCC(CC)C(O)CNCc1ccn(C(CC)CC)n1. The highest BCUT2D eigenvalue weighted by molar-refractivity contribution is 4.99. The number of nitrogens with zero attached hydrogens (tertiary/aromatic N) is 2. The maximum absolute atomic E-state index is 10.1. The van der Waals surface area contributed by atoms with Gasteiger partial charge in [-0.3, -0.25) is 4.68 Å². The second kappa shape index (κ2) is 9.14. The average molecular weight is 281 g/mol. The Morgan fingerprint density at radius 1 is 1.15 bits per heavy atom. The van der Waals surface area contributed by atoms with Crippen molar-refractivity contribution < 1.29 is 5.11 Å². The molecule has 20 heavy (non-hydrogen) atoms. The van der Waals surface area contributed by atoms with Crippen molar-refractivity contribution in [2.45, 2.75) is 72.1 Å². The highest BCUT2D eigenvalue weighted by Gasteiger charge is 2.15. The molecule has 0 bridgehead atoms. The van der Waals surface area contributed by atoms with E-state index in [9.17, 15) is 5.11 Å². The first-order valence-electron chi connectivity index (χ1n) is 8.08. The molecule has 0 aromatic carbocycles. The van der Waals surface area contributed by atoms with Crippen molar-refractivity contribution in [3.8, 4) is 0 Å². The highest BCUT2D eigenvalue weighted by Crippen LogP contribution is 2.15. The summed E-state index contributed by atoms with van der Waals surface area (Å²) in [5.74, 6) is 0.393. The lowest BCUT2D eigenvalue weighted by Gasteiger charge is -2.20. The van der Waals surface area contributed by atoms with Crippen LogP contribution in [0.1, 0.15) is 65.1 Å². The molecule has 0 saturated heterocycles. The molecule has 1 rings (SSSR count). The van der Waals surface area contributed by atoms with E-state index in [1.165, 1.54) is 0 Å². The molecule has 0 spiro atoms. The van der Waals surface area contributed by atoms with Crippen LogP contribution in [0.2, 0.25) is 0 Å². The topological polar surface area (TPSA) is 50.1 Å². The van der Waals surface area contributed by atoms with Crippen LogP contribution >= 0.6 is 0 Å². The van der Waals surface area contributed by atoms with Gasteiger partial charge in [-0.2, -0.15) is 5.10 Å². The summed E-state index contributed by atoms with van der Waals surface area (Å²) < 4.78 is 2.06. The molecule has 0 amide bonds. The molecule has 0 aliphatic heterocycles. The van der Waals surface area contributed by atoms with E-state index in [1.807, 2.05) is 0 Å². The number of nitrogens with one attached hydrogen (secondary N) is 1. The maximum Gasteiger partial charge on any atom is 0.0762 e. The molecular weight excluding hydrogens is 250 g/mol. The van der Waals surface area contributed by atoms with Gasteiger partial charge in [-0.15, -0.1) is 0 Å². The van der Waals surface area contributed by atoms with Gasteiger partial charge in [-0.1, -0.05) is 40.5 Å². The van der Waals surface area contributed by atoms with Crippen LogP contribution in [-0.2, 0) is 6.54 Å². The number of aliphatic hydroxyl groups excluding tert-OH is 1. The van der Waals surface area contributed by atoms with Crippen LogP contribution in [0.15, 0.2) is 12.3 Å². The minimum absolute atomic E-state index is 0.258. The van der Waals surface area contributed by atoms with Crippen LogP contribution in [0.5, 0.6) is 0 Å². The molecule has 0 fully saturated rings. The third-order valence-corrected chi connectivity index (χ3v) is 4.23. The van der Waals surface area contributed by atoms with Gasteiger partial charge in [0.05, 0.1) is 17.8 Å². The van der Waals surface area contributed by atoms with Crippen molar-refractivity contribution >= 4 is 0 Å². The van der Waals surface area contributed by atoms with Gasteiger partial charge in [-0.25, -0.2) is 0 Å². The second-order valence-corrected chi connectivity index (χ2v) is 5.53. The normalized spacial score (nSPS) is 13.3. The Bertz CT molecular complexity index is 356. The largest absolute Gasteiger partial charge is 0.392 e. The lowest BCUT2D eigenvalue weighted by Crippen LogP contribution is -2.32. The molecule has 116 valence electrons. The monoisotopic (exact) mass is 281 g/mol. The van der Waals surface area contributed by atoms with Gasteiger partial charge in [0.1, 0.15) is 0 Å². The van der Waals surface area contributed by atoms with Crippen molar-refractivity contribution in [3.05, 3.63) is 18.0 Å². The molecule has 1 unspecified atom stereocenters. The fourth-order valence-electron chi connectivity index (χ4n) is 2.69. The van der Waals surface area contributed by atoms with Crippen LogP contribution in [0.3, 0.4) is 0 Å². The van der Waals surface area contributed by atoms with Gasteiger partial charge in [0, 0.05) is 19.3 Å². The Labute approximate surface area is 123 Å². The smallest absolute Gasteiger partial charge is 0.0762 e. The van der Waals surface area contributed by atoms with Crippen LogP contribution < -0.4 is 5.32 Å².